The Morgan fingerprint density at radius 3 is 2.52 bits per heavy atom. The molecule has 33 heavy (non-hydrogen) atoms. The molecule has 2 fully saturated rings. The minimum atomic E-state index is -2.62. The van der Waals surface area contributed by atoms with Crippen molar-refractivity contribution in [1.29, 1.82) is 0 Å². The monoisotopic (exact) mass is 467 g/mol. The molecule has 2 unspecified atom stereocenters. The number of thiophene rings is 1. The summed E-state index contributed by atoms with van der Waals surface area (Å²) in [5.74, 6) is -9.96. The average Bonchev–Trinajstić information content (AvgIpc) is 3.16. The van der Waals surface area contributed by atoms with E-state index in [0.717, 1.165) is 16.0 Å². The van der Waals surface area contributed by atoms with E-state index in [-0.39, 0.29) is 30.6 Å². The molecule has 0 bridgehead atoms. The molecule has 1 amide bonds. The fourth-order valence-electron chi connectivity index (χ4n) is 5.77. The van der Waals surface area contributed by atoms with Gasteiger partial charge >= 0.3 is 0 Å². The molecule has 0 spiro atoms. The van der Waals surface area contributed by atoms with Crippen LogP contribution >= 0.6 is 11.3 Å². The summed E-state index contributed by atoms with van der Waals surface area (Å²) in [5, 5.41) is 23.7. The molecule has 5 atom stereocenters. The van der Waals surface area contributed by atoms with Gasteiger partial charge in [0.05, 0.1) is 11.5 Å². The van der Waals surface area contributed by atoms with Crippen LogP contribution in [0.25, 0.3) is 10.4 Å². The van der Waals surface area contributed by atoms with E-state index in [2.05, 4.69) is 0 Å². The fourth-order valence-corrected chi connectivity index (χ4v) is 6.72. The number of fused-ring (bicyclic) bond motifs is 3. The first-order chi connectivity index (χ1) is 15.6. The third-order valence-electron chi connectivity index (χ3n) is 7.28. The van der Waals surface area contributed by atoms with Crippen LogP contribution in [0.4, 0.5) is 0 Å². The van der Waals surface area contributed by atoms with Crippen molar-refractivity contribution in [2.75, 3.05) is 0 Å². The number of aliphatic hydroxyl groups is 1. The number of carbonyl (C=O) groups is 5. The lowest BCUT2D eigenvalue weighted by molar-refractivity contribution is -0.175. The molecule has 8 nitrogen and oxygen atoms in total. The number of benzene rings is 1. The third kappa shape index (κ3) is 2.88. The van der Waals surface area contributed by atoms with Crippen molar-refractivity contribution in [2.24, 2.45) is 29.4 Å². The van der Waals surface area contributed by atoms with Crippen LogP contribution < -0.4 is 5.73 Å². The molecule has 1 aromatic carbocycles. The van der Waals surface area contributed by atoms with Gasteiger partial charge in [0.2, 0.25) is 5.91 Å². The highest BCUT2D eigenvalue weighted by atomic mass is 32.1. The number of nitrogens with two attached hydrogens (primary N) is 1. The predicted octanol–water partition coefficient (Wildman–Crippen LogP) is 1.36. The number of aromatic hydroxyl groups is 1. The second-order valence-corrected chi connectivity index (χ2v) is 10.1. The normalized spacial score (nSPS) is 31.1. The van der Waals surface area contributed by atoms with Gasteiger partial charge in [-0.25, -0.2) is 0 Å². The maximum atomic E-state index is 13.5. The molecule has 1 aromatic heterocycles. The SMILES string of the molecule is Cc1csc(-c2ccc(O)c3c2C[C@H]2C[C@H]4CC(=O)C(C(N)=O)C(=O)[C@@]4(O)C(=O)C2C3=O)c1. The Kier molecular flexibility index (Phi) is 4.70. The van der Waals surface area contributed by atoms with Crippen molar-refractivity contribution >= 4 is 40.4 Å². The molecule has 1 heterocycles. The average molecular weight is 467 g/mol. The van der Waals surface area contributed by atoms with Crippen molar-refractivity contribution < 1.29 is 34.2 Å². The first-order valence-electron chi connectivity index (χ1n) is 10.6. The van der Waals surface area contributed by atoms with Crippen LogP contribution in [0.5, 0.6) is 5.75 Å². The Morgan fingerprint density at radius 1 is 1.15 bits per heavy atom. The summed E-state index contributed by atoms with van der Waals surface area (Å²) in [5.41, 5.74) is 5.03. The lowest BCUT2D eigenvalue weighted by Gasteiger charge is -2.48. The van der Waals surface area contributed by atoms with Gasteiger partial charge in [0, 0.05) is 17.2 Å². The number of phenolic OH excluding ortho intramolecular Hbond substituents is 1. The van der Waals surface area contributed by atoms with Gasteiger partial charge in [-0.15, -0.1) is 11.3 Å². The van der Waals surface area contributed by atoms with Crippen LogP contribution in [0, 0.1) is 30.6 Å². The number of hydrogen-bond acceptors (Lipinski definition) is 8. The Morgan fingerprint density at radius 2 is 1.88 bits per heavy atom. The summed E-state index contributed by atoms with van der Waals surface area (Å²) in [4.78, 5) is 64.9. The molecule has 5 rings (SSSR count). The summed E-state index contributed by atoms with van der Waals surface area (Å²) in [7, 11) is 0. The van der Waals surface area contributed by atoms with Gasteiger partial charge in [-0.2, -0.15) is 0 Å². The summed E-state index contributed by atoms with van der Waals surface area (Å²) >= 11 is 1.50. The zero-order chi connectivity index (χ0) is 23.8. The number of Topliss-reactive ketones (excluding diaryl/α,β-unsaturated/α-hetero) is 4. The first kappa shape index (κ1) is 21.7. The lowest BCUT2D eigenvalue weighted by Crippen LogP contribution is -2.68. The van der Waals surface area contributed by atoms with E-state index in [1.807, 2.05) is 18.4 Å². The van der Waals surface area contributed by atoms with Gasteiger partial charge in [0.15, 0.2) is 34.7 Å². The van der Waals surface area contributed by atoms with Crippen molar-refractivity contribution in [2.45, 2.75) is 31.8 Å². The molecule has 0 aliphatic heterocycles. The van der Waals surface area contributed by atoms with E-state index >= 15 is 0 Å². The zero-order valence-electron chi connectivity index (χ0n) is 17.7. The highest BCUT2D eigenvalue weighted by molar-refractivity contribution is 7.13. The Labute approximate surface area is 192 Å². The molecule has 9 heteroatoms. The summed E-state index contributed by atoms with van der Waals surface area (Å²) in [6.07, 6.45) is 0.00878. The van der Waals surface area contributed by atoms with Gasteiger partial charge in [-0.05, 0) is 66.0 Å². The van der Waals surface area contributed by atoms with Crippen molar-refractivity contribution in [3.8, 4) is 16.2 Å². The van der Waals surface area contributed by atoms with Crippen LogP contribution in [0.15, 0.2) is 23.6 Å². The maximum Gasteiger partial charge on any atom is 0.235 e. The third-order valence-corrected chi connectivity index (χ3v) is 8.36. The van der Waals surface area contributed by atoms with E-state index in [1.54, 1.807) is 6.07 Å². The molecular formula is C24H21NO7S. The topological polar surface area (TPSA) is 152 Å². The number of phenols is 1. The second-order valence-electron chi connectivity index (χ2n) is 9.21. The van der Waals surface area contributed by atoms with Crippen molar-refractivity contribution in [3.05, 3.63) is 40.3 Å². The fraction of sp³-hybridized carbons (Fsp3) is 0.375. The zero-order valence-corrected chi connectivity index (χ0v) is 18.5. The predicted molar refractivity (Wildman–Crippen MR) is 117 cm³/mol. The Bertz CT molecular complexity index is 1280. The second kappa shape index (κ2) is 7.16. The molecule has 0 saturated heterocycles. The van der Waals surface area contributed by atoms with Crippen LogP contribution in [0.3, 0.4) is 0 Å². The van der Waals surface area contributed by atoms with E-state index < -0.39 is 58.3 Å². The molecule has 170 valence electrons. The van der Waals surface area contributed by atoms with Crippen LogP contribution in [-0.2, 0) is 25.6 Å². The van der Waals surface area contributed by atoms with E-state index in [4.69, 9.17) is 5.73 Å². The van der Waals surface area contributed by atoms with E-state index in [0.29, 0.717) is 5.56 Å². The Balaban J connectivity index is 1.62. The smallest absolute Gasteiger partial charge is 0.235 e. The number of aryl methyl sites for hydroxylation is 1. The molecule has 2 aromatic rings. The maximum absolute atomic E-state index is 13.5. The summed E-state index contributed by atoms with van der Waals surface area (Å²) in [6, 6.07) is 5.11. The molecule has 3 aliphatic carbocycles. The Hall–Kier alpha value is -3.17. The van der Waals surface area contributed by atoms with Crippen LogP contribution in [-0.4, -0.2) is 44.9 Å². The van der Waals surface area contributed by atoms with Gasteiger partial charge in [-0.1, -0.05) is 0 Å². The van der Waals surface area contributed by atoms with Crippen molar-refractivity contribution in [1.82, 2.24) is 0 Å². The lowest BCUT2D eigenvalue weighted by atomic mass is 9.53. The van der Waals surface area contributed by atoms with Gasteiger partial charge in [0.25, 0.3) is 0 Å². The number of carbonyl (C=O) groups excluding carboxylic acids is 5. The van der Waals surface area contributed by atoms with E-state index in [1.165, 1.54) is 17.4 Å². The summed E-state index contributed by atoms with van der Waals surface area (Å²) in [6.45, 7) is 1.95. The standard InChI is InChI=1S/C24H21NO7S/c1-9-4-16(33-8-9)12-2-3-14(26)18-13(12)6-10-5-11-7-15(27)19(23(25)31)22(30)24(11,32)21(29)17(10)20(18)28/h2-4,8,10-11,17,19,26,32H,5-7H2,1H3,(H2,25,31)/t10-,11+,17?,19?,24+/m1/s1. The van der Waals surface area contributed by atoms with Crippen molar-refractivity contribution in [3.63, 3.8) is 0 Å². The number of amides is 1. The largest absolute Gasteiger partial charge is 0.507 e. The molecule has 2 saturated carbocycles. The highest BCUT2D eigenvalue weighted by Gasteiger charge is 2.66. The number of hydrogen-bond donors (Lipinski definition) is 3. The number of ketones is 4. The summed E-state index contributed by atoms with van der Waals surface area (Å²) < 4.78 is 0. The molecule has 4 N–H and O–H groups in total. The minimum Gasteiger partial charge on any atom is -0.507 e. The van der Waals surface area contributed by atoms with Gasteiger partial charge in [0.1, 0.15) is 5.75 Å². The van der Waals surface area contributed by atoms with Gasteiger partial charge < -0.3 is 15.9 Å². The highest BCUT2D eigenvalue weighted by Crippen LogP contribution is 2.51. The first-order valence-corrected chi connectivity index (χ1v) is 11.5. The number of rotatable bonds is 2. The molecule has 3 aliphatic rings. The minimum absolute atomic E-state index is 0.0148. The molecule has 0 radical (unpaired) electrons. The van der Waals surface area contributed by atoms with Crippen LogP contribution in [0.1, 0.15) is 34.3 Å². The quantitative estimate of drug-likeness (QED) is 0.564. The van der Waals surface area contributed by atoms with Gasteiger partial charge in [-0.3, -0.25) is 24.0 Å². The number of primary amides is 1. The van der Waals surface area contributed by atoms with E-state index in [9.17, 15) is 34.2 Å². The van der Waals surface area contributed by atoms with Crippen LogP contribution in [0.2, 0.25) is 0 Å². The molecular weight excluding hydrogens is 446 g/mol.